The quantitative estimate of drug-likeness (QED) is 0.675. The monoisotopic (exact) mass is 330 g/mol. The molecule has 0 radical (unpaired) electrons. The molecular weight excluding hydrogens is 303 g/mol. The maximum Gasteiger partial charge on any atom is 0.193 e. The molecule has 0 saturated heterocycles. The van der Waals surface area contributed by atoms with Gasteiger partial charge in [0.15, 0.2) is 5.96 Å². The maximum absolute atomic E-state index is 13.1. The molecule has 0 fully saturated rings. The summed E-state index contributed by atoms with van der Waals surface area (Å²) < 4.78 is 15.2. The number of hydrogen-bond acceptors (Lipinski definition) is 1. The molecule has 130 valence electrons. The van der Waals surface area contributed by atoms with Gasteiger partial charge < -0.3 is 14.8 Å². The van der Waals surface area contributed by atoms with E-state index in [0.29, 0.717) is 6.54 Å². The molecular formula is C19H27FN4. The van der Waals surface area contributed by atoms with Crippen LogP contribution in [0.3, 0.4) is 0 Å². The maximum atomic E-state index is 13.1. The molecule has 1 heterocycles. The van der Waals surface area contributed by atoms with Crippen LogP contribution >= 0.6 is 0 Å². The van der Waals surface area contributed by atoms with Gasteiger partial charge >= 0.3 is 0 Å². The first-order valence-corrected chi connectivity index (χ1v) is 8.11. The van der Waals surface area contributed by atoms with Crippen LogP contribution in [0.5, 0.6) is 0 Å². The van der Waals surface area contributed by atoms with Crippen molar-refractivity contribution in [2.24, 2.45) is 12.0 Å². The first kappa shape index (κ1) is 18.0. The summed E-state index contributed by atoms with van der Waals surface area (Å²) in [7, 11) is 5.85. The minimum atomic E-state index is -0.208. The second kappa shape index (κ2) is 7.51. The Morgan fingerprint density at radius 1 is 1.25 bits per heavy atom. The number of hydrogen-bond donors (Lipinski definition) is 1. The largest absolute Gasteiger partial charge is 0.355 e. The van der Waals surface area contributed by atoms with Crippen LogP contribution in [0.1, 0.15) is 25.1 Å². The highest BCUT2D eigenvalue weighted by Crippen LogP contribution is 2.22. The average Bonchev–Trinajstić information content (AvgIpc) is 2.93. The fraction of sp³-hybridized carbons (Fsp3) is 0.421. The van der Waals surface area contributed by atoms with Gasteiger partial charge in [-0.25, -0.2) is 4.39 Å². The lowest BCUT2D eigenvalue weighted by Crippen LogP contribution is -2.44. The van der Waals surface area contributed by atoms with E-state index in [2.05, 4.69) is 39.7 Å². The number of aliphatic imine (C=N–C) groups is 1. The van der Waals surface area contributed by atoms with Crippen LogP contribution in [-0.4, -0.2) is 36.1 Å². The normalized spacial score (nSPS) is 12.3. The summed E-state index contributed by atoms with van der Waals surface area (Å²) >= 11 is 0. The Bertz CT molecular complexity index is 686. The molecule has 1 aromatic heterocycles. The zero-order chi connectivity index (χ0) is 17.7. The molecule has 2 rings (SSSR count). The highest BCUT2D eigenvalue weighted by atomic mass is 19.1. The minimum absolute atomic E-state index is 0.130. The molecule has 5 heteroatoms. The summed E-state index contributed by atoms with van der Waals surface area (Å²) in [6, 6.07) is 10.8. The molecule has 0 aliphatic carbocycles. The molecule has 2 aromatic rings. The molecule has 0 bridgehead atoms. The predicted octanol–water partition coefficient (Wildman–Crippen LogP) is 3.15. The van der Waals surface area contributed by atoms with E-state index in [1.807, 2.05) is 38.5 Å². The SMILES string of the molecule is CN=C(NCC(C)(C)c1ccc(F)cc1)N(C)Cc1cccn1C. The first-order chi connectivity index (χ1) is 11.3. The molecule has 0 aliphatic heterocycles. The third-order valence-corrected chi connectivity index (χ3v) is 4.34. The van der Waals surface area contributed by atoms with E-state index in [-0.39, 0.29) is 11.2 Å². The van der Waals surface area contributed by atoms with Gasteiger partial charge in [0.05, 0.1) is 6.54 Å². The Morgan fingerprint density at radius 3 is 2.46 bits per heavy atom. The van der Waals surface area contributed by atoms with Crippen LogP contribution < -0.4 is 5.32 Å². The highest BCUT2D eigenvalue weighted by molar-refractivity contribution is 5.79. The van der Waals surface area contributed by atoms with Gasteiger partial charge in [-0.15, -0.1) is 0 Å². The summed E-state index contributed by atoms with van der Waals surface area (Å²) in [6.45, 7) is 5.76. The van der Waals surface area contributed by atoms with Gasteiger partial charge in [0.25, 0.3) is 0 Å². The fourth-order valence-corrected chi connectivity index (χ4v) is 2.67. The van der Waals surface area contributed by atoms with Crippen LogP contribution in [0, 0.1) is 5.82 Å². The van der Waals surface area contributed by atoms with E-state index in [1.165, 1.54) is 17.8 Å². The molecule has 0 aliphatic rings. The van der Waals surface area contributed by atoms with E-state index in [0.717, 1.165) is 18.1 Å². The second-order valence-corrected chi connectivity index (χ2v) is 6.76. The zero-order valence-electron chi connectivity index (χ0n) is 15.2. The van der Waals surface area contributed by atoms with Crippen molar-refractivity contribution in [2.45, 2.75) is 25.8 Å². The van der Waals surface area contributed by atoms with Crippen molar-refractivity contribution >= 4 is 5.96 Å². The first-order valence-electron chi connectivity index (χ1n) is 8.11. The summed E-state index contributed by atoms with van der Waals surface area (Å²) in [6.07, 6.45) is 2.04. The van der Waals surface area contributed by atoms with Crippen molar-refractivity contribution in [2.75, 3.05) is 20.6 Å². The van der Waals surface area contributed by atoms with Crippen LogP contribution in [0.2, 0.25) is 0 Å². The Hall–Kier alpha value is -2.30. The van der Waals surface area contributed by atoms with Crippen molar-refractivity contribution in [3.8, 4) is 0 Å². The Labute approximate surface area is 144 Å². The predicted molar refractivity (Wildman–Crippen MR) is 97.7 cm³/mol. The summed E-state index contributed by atoms with van der Waals surface area (Å²) in [4.78, 5) is 6.46. The number of benzene rings is 1. The fourth-order valence-electron chi connectivity index (χ4n) is 2.67. The molecule has 0 amide bonds. The molecule has 0 unspecified atom stereocenters. The van der Waals surface area contributed by atoms with E-state index >= 15 is 0 Å². The highest BCUT2D eigenvalue weighted by Gasteiger charge is 2.21. The van der Waals surface area contributed by atoms with Gasteiger partial charge in [-0.05, 0) is 29.8 Å². The lowest BCUT2D eigenvalue weighted by molar-refractivity contribution is 0.439. The van der Waals surface area contributed by atoms with Crippen LogP contribution in [0.15, 0.2) is 47.6 Å². The van der Waals surface area contributed by atoms with Gasteiger partial charge in [0, 0.05) is 45.0 Å². The van der Waals surface area contributed by atoms with Crippen LogP contribution in [0.25, 0.3) is 0 Å². The van der Waals surface area contributed by atoms with Crippen molar-refractivity contribution in [1.29, 1.82) is 0 Å². The van der Waals surface area contributed by atoms with Gasteiger partial charge in [-0.3, -0.25) is 4.99 Å². The van der Waals surface area contributed by atoms with Gasteiger partial charge in [0.1, 0.15) is 5.82 Å². The smallest absolute Gasteiger partial charge is 0.193 e. The van der Waals surface area contributed by atoms with E-state index < -0.39 is 0 Å². The van der Waals surface area contributed by atoms with Crippen LogP contribution in [0.4, 0.5) is 4.39 Å². The van der Waals surface area contributed by atoms with Crippen molar-refractivity contribution in [3.63, 3.8) is 0 Å². The van der Waals surface area contributed by atoms with E-state index in [1.54, 1.807) is 7.05 Å². The number of rotatable bonds is 5. The zero-order valence-corrected chi connectivity index (χ0v) is 15.2. The molecule has 1 N–H and O–H groups in total. The standard InChI is InChI=1S/C19H27FN4/c1-19(2,15-8-10-16(20)11-9-15)14-22-18(21-3)24(5)13-17-7-6-12-23(17)4/h6-12H,13-14H2,1-5H3,(H,21,22). The molecule has 0 saturated carbocycles. The third-order valence-electron chi connectivity index (χ3n) is 4.34. The molecule has 1 aromatic carbocycles. The van der Waals surface area contributed by atoms with Gasteiger partial charge in [0.2, 0.25) is 0 Å². The van der Waals surface area contributed by atoms with Crippen LogP contribution in [-0.2, 0) is 19.0 Å². The average molecular weight is 330 g/mol. The Balaban J connectivity index is 1.99. The molecule has 4 nitrogen and oxygen atoms in total. The van der Waals surface area contributed by atoms with Crippen molar-refractivity contribution in [3.05, 3.63) is 59.7 Å². The van der Waals surface area contributed by atoms with Crippen molar-refractivity contribution < 1.29 is 4.39 Å². The summed E-state index contributed by atoms with van der Waals surface area (Å²) in [5.41, 5.74) is 2.19. The number of nitrogens with one attached hydrogen (secondary N) is 1. The third kappa shape index (κ3) is 4.37. The number of nitrogens with zero attached hydrogens (tertiary/aromatic N) is 3. The Kier molecular flexibility index (Phi) is 5.65. The molecule has 0 spiro atoms. The Morgan fingerprint density at radius 2 is 1.92 bits per heavy atom. The molecule has 0 atom stereocenters. The van der Waals surface area contributed by atoms with Gasteiger partial charge in [-0.1, -0.05) is 26.0 Å². The number of halogens is 1. The number of aryl methyl sites for hydroxylation is 1. The minimum Gasteiger partial charge on any atom is -0.355 e. The lowest BCUT2D eigenvalue weighted by Gasteiger charge is -2.29. The number of guanidine groups is 1. The molecule has 24 heavy (non-hydrogen) atoms. The summed E-state index contributed by atoms with van der Waals surface area (Å²) in [5, 5.41) is 3.43. The second-order valence-electron chi connectivity index (χ2n) is 6.76. The van der Waals surface area contributed by atoms with E-state index in [9.17, 15) is 4.39 Å². The topological polar surface area (TPSA) is 32.6 Å². The van der Waals surface area contributed by atoms with Gasteiger partial charge in [-0.2, -0.15) is 0 Å². The number of aromatic nitrogens is 1. The summed E-state index contributed by atoms with van der Waals surface area (Å²) in [5.74, 6) is 0.631. The lowest BCUT2D eigenvalue weighted by atomic mass is 9.84. The van der Waals surface area contributed by atoms with Crippen molar-refractivity contribution in [1.82, 2.24) is 14.8 Å². The van der Waals surface area contributed by atoms with E-state index in [4.69, 9.17) is 0 Å².